The molecule has 1 fully saturated rings. The minimum Gasteiger partial charge on any atom is -0.474 e. The summed E-state index contributed by atoms with van der Waals surface area (Å²) in [4.78, 5) is 20.2. The highest BCUT2D eigenvalue weighted by atomic mass is 32.1. The third-order valence-electron chi connectivity index (χ3n) is 5.17. The van der Waals surface area contributed by atoms with Crippen LogP contribution in [-0.2, 0) is 11.3 Å². The molecule has 1 aliphatic rings. The number of halogens is 1. The number of carbonyl (C=O) groups excluding carboxylic acids is 1. The van der Waals surface area contributed by atoms with Gasteiger partial charge in [0.25, 0.3) is 11.1 Å². The number of ether oxygens (including phenoxy) is 1. The van der Waals surface area contributed by atoms with E-state index in [9.17, 15) is 9.18 Å². The number of hydrogen-bond donors (Lipinski definition) is 1. The smallest absolute Gasteiger partial charge is 0.256 e. The maximum Gasteiger partial charge on any atom is 0.256 e. The average molecular weight is 456 g/mol. The molecule has 0 radical (unpaired) electrons. The van der Waals surface area contributed by atoms with Crippen molar-refractivity contribution in [3.63, 3.8) is 0 Å². The van der Waals surface area contributed by atoms with Crippen LogP contribution in [0.25, 0.3) is 5.69 Å². The molecule has 0 atom stereocenters. The molecule has 1 amide bonds. The first-order valence-corrected chi connectivity index (χ1v) is 10.4. The normalized spacial score (nSPS) is 13.7. The molecule has 0 spiro atoms. The number of nitrogens with one attached hydrogen (secondary N) is 1. The monoisotopic (exact) mass is 455 g/mol. The summed E-state index contributed by atoms with van der Waals surface area (Å²) < 4.78 is 21.3. The third kappa shape index (κ3) is 4.83. The average Bonchev–Trinajstić information content (AvgIpc) is 3.32. The third-order valence-corrected chi connectivity index (χ3v) is 5.48. The first-order chi connectivity index (χ1) is 15.5. The highest BCUT2D eigenvalue weighted by Crippen LogP contribution is 2.24. The molecule has 0 aliphatic carbocycles. The molecule has 1 saturated heterocycles. The topological polar surface area (TPSA) is 88.4 Å². The number of hydrogen-bond acceptors (Lipinski definition) is 7. The molecule has 32 heavy (non-hydrogen) atoms. The molecule has 1 aliphatic heterocycles. The molecule has 9 nitrogen and oxygen atoms in total. The Balaban J connectivity index is 1.38. The molecule has 1 N–H and O–H groups in total. The predicted molar refractivity (Wildman–Crippen MR) is 120 cm³/mol. The molecule has 0 unspecified atom stereocenters. The van der Waals surface area contributed by atoms with E-state index in [0.717, 1.165) is 0 Å². The lowest BCUT2D eigenvalue weighted by Crippen LogP contribution is -2.49. The largest absolute Gasteiger partial charge is 0.474 e. The number of methoxy groups -OCH3 is 1. The fourth-order valence-electron chi connectivity index (χ4n) is 3.46. The predicted octanol–water partition coefficient (Wildman–Crippen LogP) is 1.78. The van der Waals surface area contributed by atoms with Crippen molar-refractivity contribution in [3.8, 4) is 5.69 Å². The molecule has 0 saturated carbocycles. The van der Waals surface area contributed by atoms with Crippen LogP contribution >= 0.6 is 12.2 Å². The van der Waals surface area contributed by atoms with E-state index in [-0.39, 0.29) is 16.9 Å². The summed E-state index contributed by atoms with van der Waals surface area (Å²) in [7, 11) is 1.48. The lowest BCUT2D eigenvalue weighted by molar-refractivity contribution is 0.0746. The molecule has 3 aromatic rings. The number of carbonyl (C=O) groups is 1. The standard InChI is InChI=1S/C21H22FN7O2S/c1-31-21(32)24-13-16-14-29(26-25-16)17-2-3-19(18(22)12-17)27-8-10-28(11-9-27)20(30)15-4-6-23-7-5-15/h2-7,12,14H,8-11,13H2,1H3,(H,24,32). The van der Waals surface area contributed by atoms with E-state index >= 15 is 0 Å². The number of pyridine rings is 1. The number of nitrogens with zero attached hydrogens (tertiary/aromatic N) is 6. The Morgan fingerprint density at radius 1 is 1.19 bits per heavy atom. The van der Waals surface area contributed by atoms with Crippen LogP contribution in [0.15, 0.2) is 48.9 Å². The van der Waals surface area contributed by atoms with Gasteiger partial charge in [-0.05, 0) is 36.5 Å². The summed E-state index contributed by atoms with van der Waals surface area (Å²) in [5.74, 6) is -0.391. The summed E-state index contributed by atoms with van der Waals surface area (Å²) in [5.41, 5.74) is 2.31. The maximum atomic E-state index is 14.9. The number of aromatic nitrogens is 4. The number of thiocarbonyl (C=S) groups is 1. The van der Waals surface area contributed by atoms with Crippen molar-refractivity contribution in [2.45, 2.75) is 6.54 Å². The molecule has 166 valence electrons. The summed E-state index contributed by atoms with van der Waals surface area (Å²) in [6, 6.07) is 8.34. The van der Waals surface area contributed by atoms with E-state index in [1.807, 2.05) is 4.90 Å². The van der Waals surface area contributed by atoms with Gasteiger partial charge < -0.3 is 19.9 Å². The van der Waals surface area contributed by atoms with Gasteiger partial charge in [-0.3, -0.25) is 9.78 Å². The van der Waals surface area contributed by atoms with Crippen LogP contribution in [0.1, 0.15) is 16.1 Å². The number of anilines is 1. The number of benzene rings is 1. The Hall–Kier alpha value is -3.60. The van der Waals surface area contributed by atoms with Crippen molar-refractivity contribution < 1.29 is 13.9 Å². The summed E-state index contributed by atoms with van der Waals surface area (Å²) in [6.45, 7) is 2.49. The SMILES string of the molecule is COC(=S)NCc1cn(-c2ccc(N3CCN(C(=O)c4ccncc4)CC3)c(F)c2)nn1. The lowest BCUT2D eigenvalue weighted by Gasteiger charge is -2.36. The van der Waals surface area contributed by atoms with Crippen LogP contribution < -0.4 is 10.2 Å². The van der Waals surface area contributed by atoms with E-state index in [1.165, 1.54) is 17.9 Å². The molecule has 2 aromatic heterocycles. The Morgan fingerprint density at radius 2 is 1.94 bits per heavy atom. The van der Waals surface area contributed by atoms with Gasteiger partial charge in [-0.1, -0.05) is 5.21 Å². The molecular formula is C21H22FN7O2S. The van der Waals surface area contributed by atoms with Crippen molar-refractivity contribution in [2.75, 3.05) is 38.2 Å². The van der Waals surface area contributed by atoms with E-state index < -0.39 is 0 Å². The summed E-state index contributed by atoms with van der Waals surface area (Å²) in [5, 5.41) is 11.2. The zero-order chi connectivity index (χ0) is 22.5. The van der Waals surface area contributed by atoms with Crippen LogP contribution in [0, 0.1) is 5.82 Å². The van der Waals surface area contributed by atoms with Crippen molar-refractivity contribution >= 4 is 29.0 Å². The second-order valence-corrected chi connectivity index (χ2v) is 7.52. The Kier molecular flexibility index (Phi) is 6.55. The van der Waals surface area contributed by atoms with Crippen molar-refractivity contribution in [2.24, 2.45) is 0 Å². The zero-order valence-electron chi connectivity index (χ0n) is 17.4. The highest BCUT2D eigenvalue weighted by molar-refractivity contribution is 7.80. The van der Waals surface area contributed by atoms with E-state index in [4.69, 9.17) is 17.0 Å². The minimum absolute atomic E-state index is 0.0365. The van der Waals surface area contributed by atoms with Gasteiger partial charge in [0.15, 0.2) is 0 Å². The van der Waals surface area contributed by atoms with Gasteiger partial charge in [-0.15, -0.1) is 5.10 Å². The van der Waals surface area contributed by atoms with Gasteiger partial charge in [0, 0.05) is 50.2 Å². The van der Waals surface area contributed by atoms with E-state index in [1.54, 1.807) is 47.8 Å². The second kappa shape index (κ2) is 9.69. The molecule has 11 heteroatoms. The van der Waals surface area contributed by atoms with E-state index in [0.29, 0.717) is 55.4 Å². The van der Waals surface area contributed by atoms with Gasteiger partial charge in [0.1, 0.15) is 11.5 Å². The van der Waals surface area contributed by atoms with Gasteiger partial charge in [0.05, 0.1) is 31.2 Å². The lowest BCUT2D eigenvalue weighted by atomic mass is 10.2. The highest BCUT2D eigenvalue weighted by Gasteiger charge is 2.24. The van der Waals surface area contributed by atoms with Crippen molar-refractivity contribution in [1.82, 2.24) is 30.2 Å². The maximum absolute atomic E-state index is 14.9. The fourth-order valence-corrected chi connectivity index (χ4v) is 3.53. The zero-order valence-corrected chi connectivity index (χ0v) is 18.3. The Labute approximate surface area is 189 Å². The first kappa shape index (κ1) is 21.6. The number of piperazine rings is 1. The Bertz CT molecular complexity index is 1100. The Morgan fingerprint density at radius 3 is 2.62 bits per heavy atom. The van der Waals surface area contributed by atoms with Crippen LogP contribution in [-0.4, -0.2) is 69.2 Å². The molecule has 0 bridgehead atoms. The molecular weight excluding hydrogens is 433 g/mol. The molecule has 4 rings (SSSR count). The van der Waals surface area contributed by atoms with Crippen LogP contribution in [0.4, 0.5) is 10.1 Å². The number of rotatable bonds is 5. The quantitative estimate of drug-likeness (QED) is 0.583. The molecule has 1 aromatic carbocycles. The second-order valence-electron chi connectivity index (χ2n) is 7.15. The van der Waals surface area contributed by atoms with Gasteiger partial charge >= 0.3 is 0 Å². The van der Waals surface area contributed by atoms with E-state index in [2.05, 4.69) is 20.6 Å². The summed E-state index contributed by atoms with van der Waals surface area (Å²) >= 11 is 4.93. The number of amides is 1. The van der Waals surface area contributed by atoms with Gasteiger partial charge in [0.2, 0.25) is 0 Å². The van der Waals surface area contributed by atoms with Crippen LogP contribution in [0.5, 0.6) is 0 Å². The minimum atomic E-state index is -0.354. The van der Waals surface area contributed by atoms with Crippen molar-refractivity contribution in [3.05, 3.63) is 66.0 Å². The van der Waals surface area contributed by atoms with Gasteiger partial charge in [-0.2, -0.15) is 0 Å². The van der Waals surface area contributed by atoms with Crippen molar-refractivity contribution in [1.29, 1.82) is 0 Å². The first-order valence-electron chi connectivity index (χ1n) is 10.0. The fraction of sp³-hybridized carbons (Fsp3) is 0.286. The van der Waals surface area contributed by atoms with Gasteiger partial charge in [-0.25, -0.2) is 9.07 Å². The summed E-state index contributed by atoms with van der Waals surface area (Å²) in [6.07, 6.45) is 4.90. The molecule has 3 heterocycles. The van der Waals surface area contributed by atoms with Crippen LogP contribution in [0.2, 0.25) is 0 Å². The van der Waals surface area contributed by atoms with Crippen LogP contribution in [0.3, 0.4) is 0 Å².